The summed E-state index contributed by atoms with van der Waals surface area (Å²) in [4.78, 5) is 12.1. The molecule has 0 unspecified atom stereocenters. The van der Waals surface area contributed by atoms with Gasteiger partial charge in [-0.1, -0.05) is 11.6 Å². The molecule has 0 aliphatic heterocycles. The summed E-state index contributed by atoms with van der Waals surface area (Å²) in [5.41, 5.74) is 1.50. The van der Waals surface area contributed by atoms with Crippen molar-refractivity contribution < 1.29 is 9.18 Å². The van der Waals surface area contributed by atoms with Crippen molar-refractivity contribution in [2.24, 2.45) is 0 Å². The maximum absolute atomic E-state index is 13.5. The molecule has 21 heavy (non-hydrogen) atoms. The van der Waals surface area contributed by atoms with Crippen molar-refractivity contribution in [2.75, 3.05) is 0 Å². The van der Waals surface area contributed by atoms with Crippen LogP contribution < -0.4 is 0 Å². The molecule has 0 aliphatic carbocycles. The second-order valence-corrected chi connectivity index (χ2v) is 6.37. The molecule has 0 radical (unpaired) electrons. The molecule has 1 aromatic carbocycles. The Bertz CT molecular complexity index is 830. The zero-order valence-corrected chi connectivity index (χ0v) is 13.5. The van der Waals surface area contributed by atoms with Crippen LogP contribution in [0, 0.1) is 5.82 Å². The number of carbonyl (C=O) groups is 1. The minimum atomic E-state index is -0.531. The fourth-order valence-corrected chi connectivity index (χ4v) is 3.56. The van der Waals surface area contributed by atoms with E-state index < -0.39 is 5.82 Å². The second kappa shape index (κ2) is 5.71. The number of carbonyl (C=O) groups excluding carboxylic acids is 1. The van der Waals surface area contributed by atoms with E-state index in [2.05, 4.69) is 21.0 Å². The van der Waals surface area contributed by atoms with Crippen LogP contribution in [0.5, 0.6) is 0 Å². The van der Waals surface area contributed by atoms with Gasteiger partial charge in [0.1, 0.15) is 11.5 Å². The summed E-state index contributed by atoms with van der Waals surface area (Å²) in [6.45, 7) is 0. The predicted molar refractivity (Wildman–Crippen MR) is 84.9 cm³/mol. The molecule has 0 saturated carbocycles. The highest BCUT2D eigenvalue weighted by molar-refractivity contribution is 9.10. The van der Waals surface area contributed by atoms with Gasteiger partial charge in [-0.3, -0.25) is 4.79 Å². The first-order chi connectivity index (χ1) is 10.1. The van der Waals surface area contributed by atoms with Crippen molar-refractivity contribution >= 4 is 45.2 Å². The molecule has 3 aromatic rings. The van der Waals surface area contributed by atoms with Crippen LogP contribution in [0.2, 0.25) is 5.02 Å². The maximum Gasteiger partial charge on any atom is 0.153 e. The fourth-order valence-electron chi connectivity index (χ4n) is 1.87. The third kappa shape index (κ3) is 2.66. The van der Waals surface area contributed by atoms with Crippen molar-refractivity contribution in [2.45, 2.75) is 0 Å². The molecule has 3 rings (SSSR count). The first-order valence-electron chi connectivity index (χ1n) is 5.84. The lowest BCUT2D eigenvalue weighted by atomic mass is 10.2. The van der Waals surface area contributed by atoms with Gasteiger partial charge in [0.05, 0.1) is 21.2 Å². The van der Waals surface area contributed by atoms with Crippen LogP contribution >= 0.6 is 38.9 Å². The third-order valence-electron chi connectivity index (χ3n) is 2.87. The summed E-state index contributed by atoms with van der Waals surface area (Å²) in [6.07, 6.45) is 2.30. The van der Waals surface area contributed by atoms with Gasteiger partial charge in [0.2, 0.25) is 0 Å². The standard InChI is InChI=1S/C14H7BrClFN2OS/c15-10-3-4-21-14(10)13-8(7-20)6-19(18-13)9-1-2-11(16)12(17)5-9/h1-7H. The number of thiophene rings is 1. The molecule has 0 N–H and O–H groups in total. The van der Waals surface area contributed by atoms with Crippen molar-refractivity contribution in [1.82, 2.24) is 9.78 Å². The molecule has 0 aliphatic rings. The van der Waals surface area contributed by atoms with Gasteiger partial charge in [-0.15, -0.1) is 11.3 Å². The van der Waals surface area contributed by atoms with E-state index in [-0.39, 0.29) is 5.02 Å². The summed E-state index contributed by atoms with van der Waals surface area (Å²) < 4.78 is 15.9. The number of halogens is 3. The zero-order valence-electron chi connectivity index (χ0n) is 10.4. The van der Waals surface area contributed by atoms with Crippen molar-refractivity contribution in [3.63, 3.8) is 0 Å². The van der Waals surface area contributed by atoms with Crippen LogP contribution in [-0.2, 0) is 0 Å². The van der Waals surface area contributed by atoms with Gasteiger partial charge >= 0.3 is 0 Å². The van der Waals surface area contributed by atoms with Gasteiger partial charge in [0, 0.05) is 16.7 Å². The number of nitrogens with zero attached hydrogens (tertiary/aromatic N) is 2. The fraction of sp³-hybridized carbons (Fsp3) is 0. The lowest BCUT2D eigenvalue weighted by molar-refractivity contribution is 0.112. The molecule has 0 saturated heterocycles. The smallest absolute Gasteiger partial charge is 0.153 e. The Hall–Kier alpha value is -1.50. The molecule has 0 fully saturated rings. The average Bonchev–Trinajstić information content (AvgIpc) is 3.07. The highest BCUT2D eigenvalue weighted by Crippen LogP contribution is 2.34. The van der Waals surface area contributed by atoms with Gasteiger partial charge < -0.3 is 0 Å². The molecule has 7 heteroatoms. The van der Waals surface area contributed by atoms with Crippen molar-refractivity contribution in [3.05, 3.63) is 56.7 Å². The Morgan fingerprint density at radius 1 is 1.38 bits per heavy atom. The Morgan fingerprint density at radius 3 is 2.81 bits per heavy atom. The minimum absolute atomic E-state index is 0.0442. The number of hydrogen-bond acceptors (Lipinski definition) is 3. The van der Waals surface area contributed by atoms with Crippen LogP contribution in [0.15, 0.2) is 40.3 Å². The normalized spacial score (nSPS) is 10.8. The molecule has 2 aromatic heterocycles. The summed E-state index contributed by atoms with van der Waals surface area (Å²) in [5.74, 6) is -0.531. The molecule has 0 spiro atoms. The van der Waals surface area contributed by atoms with E-state index in [1.165, 1.54) is 28.2 Å². The number of rotatable bonds is 3. The Morgan fingerprint density at radius 2 is 2.19 bits per heavy atom. The van der Waals surface area contributed by atoms with Crippen molar-refractivity contribution in [1.29, 1.82) is 0 Å². The second-order valence-electron chi connectivity index (χ2n) is 4.19. The monoisotopic (exact) mass is 384 g/mol. The number of aldehydes is 1. The SMILES string of the molecule is O=Cc1cn(-c2ccc(Cl)c(F)c2)nc1-c1sccc1Br. The number of hydrogen-bond donors (Lipinski definition) is 0. The third-order valence-corrected chi connectivity index (χ3v) is 5.02. The van der Waals surface area contributed by atoms with Crippen LogP contribution in [0.3, 0.4) is 0 Å². The summed E-state index contributed by atoms with van der Waals surface area (Å²) in [6, 6.07) is 6.25. The zero-order chi connectivity index (χ0) is 15.0. The Balaban J connectivity index is 2.13. The topological polar surface area (TPSA) is 34.9 Å². The molecule has 3 nitrogen and oxygen atoms in total. The van der Waals surface area contributed by atoms with E-state index in [0.717, 1.165) is 15.6 Å². The Kier molecular flexibility index (Phi) is 3.93. The molecule has 106 valence electrons. The van der Waals surface area contributed by atoms with Gasteiger partial charge in [-0.25, -0.2) is 9.07 Å². The molecule has 0 amide bonds. The first kappa shape index (κ1) is 14.4. The number of benzene rings is 1. The molecular formula is C14H7BrClFN2OS. The van der Waals surface area contributed by atoms with Crippen molar-refractivity contribution in [3.8, 4) is 16.3 Å². The van der Waals surface area contributed by atoms with Crippen LogP contribution in [0.4, 0.5) is 4.39 Å². The Labute approximate surface area is 137 Å². The van der Waals surface area contributed by atoms with Crippen LogP contribution in [0.25, 0.3) is 16.3 Å². The summed E-state index contributed by atoms with van der Waals surface area (Å²) in [5, 5.41) is 6.32. The van der Waals surface area contributed by atoms with E-state index in [1.807, 2.05) is 11.4 Å². The van der Waals surface area contributed by atoms with Gasteiger partial charge in [-0.05, 0) is 39.5 Å². The summed E-state index contributed by atoms with van der Waals surface area (Å²) >= 11 is 10.6. The minimum Gasteiger partial charge on any atom is -0.298 e. The van der Waals surface area contributed by atoms with E-state index in [1.54, 1.807) is 12.3 Å². The first-order valence-corrected chi connectivity index (χ1v) is 7.89. The van der Waals surface area contributed by atoms with Crippen LogP contribution in [0.1, 0.15) is 10.4 Å². The van der Waals surface area contributed by atoms with E-state index in [4.69, 9.17) is 11.6 Å². The van der Waals surface area contributed by atoms with Gasteiger partial charge in [0.15, 0.2) is 6.29 Å². The maximum atomic E-state index is 13.5. The highest BCUT2D eigenvalue weighted by Gasteiger charge is 2.16. The highest BCUT2D eigenvalue weighted by atomic mass is 79.9. The quantitative estimate of drug-likeness (QED) is 0.597. The molecule has 0 atom stereocenters. The summed E-state index contributed by atoms with van der Waals surface area (Å²) in [7, 11) is 0. The molecular weight excluding hydrogens is 379 g/mol. The lowest BCUT2D eigenvalue weighted by Crippen LogP contribution is -1.95. The van der Waals surface area contributed by atoms with E-state index in [9.17, 15) is 9.18 Å². The predicted octanol–water partition coefficient (Wildman–Crippen LogP) is 4.97. The van der Waals surface area contributed by atoms with Gasteiger partial charge in [-0.2, -0.15) is 5.10 Å². The number of aromatic nitrogens is 2. The largest absolute Gasteiger partial charge is 0.298 e. The van der Waals surface area contributed by atoms with Gasteiger partial charge in [0.25, 0.3) is 0 Å². The van der Waals surface area contributed by atoms with Crippen LogP contribution in [-0.4, -0.2) is 16.1 Å². The molecule has 0 bridgehead atoms. The molecule has 2 heterocycles. The van der Waals surface area contributed by atoms with E-state index >= 15 is 0 Å². The average molecular weight is 386 g/mol. The lowest BCUT2D eigenvalue weighted by Gasteiger charge is -2.02. The van der Waals surface area contributed by atoms with E-state index in [0.29, 0.717) is 16.9 Å².